The van der Waals surface area contributed by atoms with Gasteiger partial charge in [-0.1, -0.05) is 6.92 Å². The van der Waals surface area contributed by atoms with Crippen molar-refractivity contribution in [3.8, 4) is 0 Å². The number of hydrogen-bond acceptors (Lipinski definition) is 1. The fourth-order valence-electron chi connectivity index (χ4n) is 1.27. The quantitative estimate of drug-likeness (QED) is 0.656. The highest BCUT2D eigenvalue weighted by Gasteiger charge is 2.57. The van der Waals surface area contributed by atoms with Gasteiger partial charge in [-0.25, -0.2) is 0 Å². The number of amides is 1. The van der Waals surface area contributed by atoms with Crippen LogP contribution in [-0.4, -0.2) is 18.1 Å². The molecule has 0 spiro atoms. The monoisotopic (exact) mass is 181 g/mol. The molecule has 0 aromatic heterocycles. The van der Waals surface area contributed by atoms with E-state index in [0.29, 0.717) is 19.3 Å². The number of nitrogens with one attached hydrogen (secondary N) is 1. The maximum atomic E-state index is 12.2. The van der Waals surface area contributed by atoms with Crippen molar-refractivity contribution in [1.29, 1.82) is 0 Å². The maximum absolute atomic E-state index is 12.2. The fourth-order valence-corrected chi connectivity index (χ4v) is 1.27. The normalized spacial score (nSPS) is 23.0. The first-order valence-electron chi connectivity index (χ1n) is 3.70. The van der Waals surface area contributed by atoms with Crippen LogP contribution < -0.4 is 5.32 Å². The standard InChI is InChI=1S/C7H10F3NO/c1-5(7(8,9)10)6(2-3-6)11-4-12/h4-5H,2-3H2,1H3,(H,11,12). The molecule has 1 fully saturated rings. The van der Waals surface area contributed by atoms with Gasteiger partial charge in [-0.2, -0.15) is 13.2 Å². The molecule has 1 aliphatic carbocycles. The SMILES string of the molecule is CC(C(F)(F)F)C1(NC=O)CC1. The molecule has 12 heavy (non-hydrogen) atoms. The van der Waals surface area contributed by atoms with Gasteiger partial charge in [0.25, 0.3) is 0 Å². The van der Waals surface area contributed by atoms with Crippen LogP contribution in [0, 0.1) is 5.92 Å². The molecule has 1 N–H and O–H groups in total. The van der Waals surface area contributed by atoms with Crippen LogP contribution in [-0.2, 0) is 4.79 Å². The van der Waals surface area contributed by atoms with Crippen LogP contribution in [0.25, 0.3) is 0 Å². The molecular weight excluding hydrogens is 171 g/mol. The molecule has 5 heteroatoms. The summed E-state index contributed by atoms with van der Waals surface area (Å²) in [7, 11) is 0. The van der Waals surface area contributed by atoms with Crippen molar-refractivity contribution in [3.05, 3.63) is 0 Å². The minimum absolute atomic E-state index is 0.342. The molecule has 70 valence electrons. The molecule has 0 heterocycles. The van der Waals surface area contributed by atoms with Gasteiger partial charge in [-0.05, 0) is 12.8 Å². The molecule has 1 rings (SSSR count). The van der Waals surface area contributed by atoms with Crippen LogP contribution >= 0.6 is 0 Å². The van der Waals surface area contributed by atoms with Crippen LogP contribution in [0.3, 0.4) is 0 Å². The summed E-state index contributed by atoms with van der Waals surface area (Å²) in [5, 5.41) is 2.24. The number of halogens is 3. The van der Waals surface area contributed by atoms with Crippen molar-refractivity contribution in [2.24, 2.45) is 5.92 Å². The summed E-state index contributed by atoms with van der Waals surface area (Å²) in [6.07, 6.45) is -3.03. The molecule has 0 saturated heterocycles. The second-order valence-corrected chi connectivity index (χ2v) is 3.18. The third-order valence-corrected chi connectivity index (χ3v) is 2.45. The zero-order chi connectivity index (χ0) is 9.41. The second-order valence-electron chi connectivity index (χ2n) is 3.18. The van der Waals surface area contributed by atoms with Crippen molar-refractivity contribution < 1.29 is 18.0 Å². The van der Waals surface area contributed by atoms with Crippen molar-refractivity contribution >= 4 is 6.41 Å². The highest BCUT2D eigenvalue weighted by molar-refractivity contribution is 5.49. The van der Waals surface area contributed by atoms with E-state index in [4.69, 9.17) is 0 Å². The van der Waals surface area contributed by atoms with Gasteiger partial charge < -0.3 is 5.32 Å². The average molecular weight is 181 g/mol. The molecule has 1 saturated carbocycles. The van der Waals surface area contributed by atoms with Crippen molar-refractivity contribution in [3.63, 3.8) is 0 Å². The van der Waals surface area contributed by atoms with Gasteiger partial charge in [-0.15, -0.1) is 0 Å². The van der Waals surface area contributed by atoms with E-state index in [-0.39, 0.29) is 0 Å². The van der Waals surface area contributed by atoms with E-state index in [1.165, 1.54) is 0 Å². The number of rotatable bonds is 3. The number of carbonyl (C=O) groups is 1. The Labute approximate surface area is 68.1 Å². The molecular formula is C7H10F3NO. The highest BCUT2D eigenvalue weighted by atomic mass is 19.4. The Kier molecular flexibility index (Phi) is 2.06. The second kappa shape index (κ2) is 2.64. The van der Waals surface area contributed by atoms with E-state index in [1.54, 1.807) is 0 Å². The van der Waals surface area contributed by atoms with E-state index in [1.807, 2.05) is 0 Å². The Morgan fingerprint density at radius 1 is 1.50 bits per heavy atom. The van der Waals surface area contributed by atoms with Crippen LogP contribution in [0.4, 0.5) is 13.2 Å². The maximum Gasteiger partial charge on any atom is 0.393 e. The highest BCUT2D eigenvalue weighted by Crippen LogP contribution is 2.48. The van der Waals surface area contributed by atoms with Crippen molar-refractivity contribution in [2.45, 2.75) is 31.5 Å². The lowest BCUT2D eigenvalue weighted by molar-refractivity contribution is -0.180. The molecule has 0 radical (unpaired) electrons. The Bertz CT molecular complexity index is 186. The van der Waals surface area contributed by atoms with Gasteiger partial charge in [0.05, 0.1) is 11.5 Å². The predicted molar refractivity (Wildman–Crippen MR) is 36.4 cm³/mol. The molecule has 1 unspecified atom stereocenters. The first-order valence-corrected chi connectivity index (χ1v) is 3.70. The van der Waals surface area contributed by atoms with Gasteiger partial charge in [0.2, 0.25) is 6.41 Å². The van der Waals surface area contributed by atoms with Crippen LogP contribution in [0.2, 0.25) is 0 Å². The van der Waals surface area contributed by atoms with Gasteiger partial charge in [0.15, 0.2) is 0 Å². The van der Waals surface area contributed by atoms with Gasteiger partial charge >= 0.3 is 6.18 Å². The zero-order valence-electron chi connectivity index (χ0n) is 6.61. The lowest BCUT2D eigenvalue weighted by Crippen LogP contribution is -2.43. The van der Waals surface area contributed by atoms with Gasteiger partial charge in [-0.3, -0.25) is 4.79 Å². The van der Waals surface area contributed by atoms with Crippen LogP contribution in [0.15, 0.2) is 0 Å². The van der Waals surface area contributed by atoms with E-state index < -0.39 is 17.6 Å². The smallest absolute Gasteiger partial charge is 0.353 e. The fraction of sp³-hybridized carbons (Fsp3) is 0.857. The van der Waals surface area contributed by atoms with E-state index in [9.17, 15) is 18.0 Å². The topological polar surface area (TPSA) is 29.1 Å². The summed E-state index contributed by atoms with van der Waals surface area (Å²) < 4.78 is 36.5. The largest absolute Gasteiger partial charge is 0.393 e. The van der Waals surface area contributed by atoms with Gasteiger partial charge in [0, 0.05) is 0 Å². The van der Waals surface area contributed by atoms with Crippen molar-refractivity contribution in [2.75, 3.05) is 0 Å². The van der Waals surface area contributed by atoms with Crippen molar-refractivity contribution in [1.82, 2.24) is 5.32 Å². The Morgan fingerprint density at radius 3 is 2.25 bits per heavy atom. The number of alkyl halides is 3. The van der Waals surface area contributed by atoms with E-state index >= 15 is 0 Å². The lowest BCUT2D eigenvalue weighted by atomic mass is 9.99. The average Bonchev–Trinajstić information content (AvgIpc) is 2.67. The number of hydrogen-bond donors (Lipinski definition) is 1. The molecule has 1 atom stereocenters. The van der Waals surface area contributed by atoms with Crippen LogP contribution in [0.5, 0.6) is 0 Å². The summed E-state index contributed by atoms with van der Waals surface area (Å²) in [6, 6.07) is 0. The molecule has 1 aliphatic rings. The van der Waals surface area contributed by atoms with E-state index in [2.05, 4.69) is 5.32 Å². The zero-order valence-corrected chi connectivity index (χ0v) is 6.61. The Balaban J connectivity index is 2.63. The molecule has 0 bridgehead atoms. The summed E-state index contributed by atoms with van der Waals surface area (Å²) in [5.41, 5.74) is -1.00. The first kappa shape index (κ1) is 9.35. The van der Waals surface area contributed by atoms with E-state index in [0.717, 1.165) is 6.92 Å². The predicted octanol–water partition coefficient (Wildman–Crippen LogP) is 1.46. The molecule has 0 aromatic rings. The molecule has 0 aliphatic heterocycles. The first-order chi connectivity index (χ1) is 5.42. The minimum atomic E-state index is -4.22. The Morgan fingerprint density at radius 2 is 2.00 bits per heavy atom. The molecule has 2 nitrogen and oxygen atoms in total. The summed E-state index contributed by atoms with van der Waals surface area (Å²) >= 11 is 0. The Hall–Kier alpha value is -0.740. The molecule has 0 aromatic carbocycles. The summed E-state index contributed by atoms with van der Waals surface area (Å²) in [4.78, 5) is 10.0. The van der Waals surface area contributed by atoms with Crippen LogP contribution in [0.1, 0.15) is 19.8 Å². The van der Waals surface area contributed by atoms with Gasteiger partial charge in [0.1, 0.15) is 0 Å². The third-order valence-electron chi connectivity index (χ3n) is 2.45. The number of carbonyl (C=O) groups excluding carboxylic acids is 1. The summed E-state index contributed by atoms with van der Waals surface area (Å²) in [5.74, 6) is -1.45. The third kappa shape index (κ3) is 1.54. The summed E-state index contributed by atoms with van der Waals surface area (Å²) in [6.45, 7) is 1.10. The molecule has 1 amide bonds. The lowest BCUT2D eigenvalue weighted by Gasteiger charge is -2.24. The minimum Gasteiger partial charge on any atom is -0.353 e.